The highest BCUT2D eigenvalue weighted by Gasteiger charge is 2.38. The Kier molecular flexibility index (Phi) is 8.52. The number of carbonyl (C=O) groups is 1. The molecule has 8 nitrogen and oxygen atoms in total. The number of anilines is 1. The third-order valence-electron chi connectivity index (χ3n) is 7.00. The number of alkyl halides is 3. The molecule has 0 saturated carbocycles. The zero-order valence-electron chi connectivity index (χ0n) is 21.7. The van der Waals surface area contributed by atoms with Gasteiger partial charge in [-0.05, 0) is 74.9 Å². The molecule has 2 aliphatic heterocycles. The number of rotatable bonds is 7. The van der Waals surface area contributed by atoms with Gasteiger partial charge in [-0.1, -0.05) is 12.1 Å². The van der Waals surface area contributed by atoms with Crippen LogP contribution in [0.3, 0.4) is 0 Å². The number of allylic oxidation sites excluding steroid dienone is 1. The second-order valence-electron chi connectivity index (χ2n) is 9.66. The first kappa shape index (κ1) is 29.1. The molecule has 2 amide bonds. The Bertz CT molecular complexity index is 1520. The molecule has 40 heavy (non-hydrogen) atoms. The molecule has 1 fully saturated rings. The SMILES string of the molecule is [C-]#[N+]C1=C(C)N(c2cccc(C(F)(F)F)c2)C(=O)N[C@@H]1c1ccc(C#N)cc1S(=O)(=O)CCCC1CCCCO1. The van der Waals surface area contributed by atoms with Crippen LogP contribution < -0.4 is 10.2 Å². The molecule has 12 heteroatoms. The van der Waals surface area contributed by atoms with Gasteiger partial charge in [0.15, 0.2) is 9.84 Å². The fourth-order valence-corrected chi connectivity index (χ4v) is 6.61. The molecule has 0 aromatic heterocycles. The maximum absolute atomic E-state index is 13.5. The van der Waals surface area contributed by atoms with Crippen LogP contribution in [0.1, 0.15) is 61.8 Å². The molecule has 0 aliphatic carbocycles. The van der Waals surface area contributed by atoms with Gasteiger partial charge in [-0.2, -0.15) is 18.4 Å². The van der Waals surface area contributed by atoms with Gasteiger partial charge in [0.05, 0.1) is 46.6 Å². The van der Waals surface area contributed by atoms with Crippen LogP contribution >= 0.6 is 0 Å². The Balaban J connectivity index is 1.70. The lowest BCUT2D eigenvalue weighted by Gasteiger charge is -2.35. The smallest absolute Gasteiger partial charge is 0.378 e. The van der Waals surface area contributed by atoms with E-state index in [1.165, 1.54) is 31.2 Å². The molecule has 1 unspecified atom stereocenters. The normalized spacial score (nSPS) is 20.1. The van der Waals surface area contributed by atoms with Crippen LogP contribution in [0.25, 0.3) is 4.85 Å². The number of carbonyl (C=O) groups excluding carboxylic acids is 1. The lowest BCUT2D eigenvalue weighted by molar-refractivity contribution is -0.137. The molecule has 0 spiro atoms. The third-order valence-corrected chi connectivity index (χ3v) is 8.85. The van der Waals surface area contributed by atoms with Crippen molar-refractivity contribution in [2.75, 3.05) is 17.3 Å². The number of nitrogens with zero attached hydrogens (tertiary/aromatic N) is 3. The summed E-state index contributed by atoms with van der Waals surface area (Å²) in [5, 5.41) is 12.0. The van der Waals surface area contributed by atoms with Gasteiger partial charge < -0.3 is 10.1 Å². The topological polar surface area (TPSA) is 104 Å². The summed E-state index contributed by atoms with van der Waals surface area (Å²) in [6.45, 7) is 9.86. The summed E-state index contributed by atoms with van der Waals surface area (Å²) in [4.78, 5) is 17.5. The van der Waals surface area contributed by atoms with Gasteiger partial charge in [0.1, 0.15) is 0 Å². The third kappa shape index (κ3) is 6.14. The fourth-order valence-electron chi connectivity index (χ4n) is 4.99. The largest absolute Gasteiger partial charge is 0.416 e. The van der Waals surface area contributed by atoms with Crippen LogP contribution in [0.15, 0.2) is 58.8 Å². The summed E-state index contributed by atoms with van der Waals surface area (Å²) in [7, 11) is -3.95. The Hall–Kier alpha value is -3.87. The Labute approximate surface area is 230 Å². The number of ether oxygens (including phenoxy) is 1. The van der Waals surface area contributed by atoms with E-state index in [2.05, 4.69) is 10.2 Å². The minimum Gasteiger partial charge on any atom is -0.378 e. The quantitative estimate of drug-likeness (QED) is 0.403. The van der Waals surface area contributed by atoms with E-state index in [1.54, 1.807) is 0 Å². The molecular weight excluding hydrogens is 545 g/mol. The van der Waals surface area contributed by atoms with Gasteiger partial charge in [-0.3, -0.25) is 4.90 Å². The summed E-state index contributed by atoms with van der Waals surface area (Å²) in [5.41, 5.74) is -0.858. The van der Waals surface area contributed by atoms with E-state index in [0.717, 1.165) is 42.4 Å². The Morgan fingerprint density at radius 3 is 2.65 bits per heavy atom. The van der Waals surface area contributed by atoms with Crippen LogP contribution in [-0.4, -0.2) is 32.9 Å². The van der Waals surface area contributed by atoms with Gasteiger partial charge >= 0.3 is 12.2 Å². The molecule has 2 aliphatic rings. The highest BCUT2D eigenvalue weighted by atomic mass is 32.2. The summed E-state index contributed by atoms with van der Waals surface area (Å²) in [6.07, 6.45) is -0.889. The van der Waals surface area contributed by atoms with Crippen molar-refractivity contribution >= 4 is 21.6 Å². The predicted molar refractivity (Wildman–Crippen MR) is 141 cm³/mol. The highest BCUT2D eigenvalue weighted by Crippen LogP contribution is 2.39. The average Bonchev–Trinajstić information content (AvgIpc) is 2.92. The maximum Gasteiger partial charge on any atom is 0.416 e. The van der Waals surface area contributed by atoms with Crippen LogP contribution in [0.4, 0.5) is 23.7 Å². The second kappa shape index (κ2) is 11.7. The van der Waals surface area contributed by atoms with E-state index in [4.69, 9.17) is 11.3 Å². The van der Waals surface area contributed by atoms with Crippen LogP contribution in [0.2, 0.25) is 0 Å². The highest BCUT2D eigenvalue weighted by molar-refractivity contribution is 7.91. The first-order chi connectivity index (χ1) is 19.0. The molecule has 0 bridgehead atoms. The number of sulfone groups is 1. The van der Waals surface area contributed by atoms with Gasteiger partial charge in [-0.25, -0.2) is 18.1 Å². The van der Waals surface area contributed by atoms with Crippen molar-refractivity contribution in [2.45, 2.75) is 62.2 Å². The zero-order chi connectivity index (χ0) is 29.1. The lowest BCUT2D eigenvalue weighted by Crippen LogP contribution is -2.46. The molecule has 210 valence electrons. The van der Waals surface area contributed by atoms with Crippen molar-refractivity contribution in [1.82, 2.24) is 5.32 Å². The molecule has 4 rings (SSSR count). The molecular formula is C28H27F3N4O4S. The van der Waals surface area contributed by atoms with Gasteiger partial charge in [0.25, 0.3) is 0 Å². The summed E-state index contributed by atoms with van der Waals surface area (Å²) >= 11 is 0. The van der Waals surface area contributed by atoms with Crippen LogP contribution in [0.5, 0.6) is 0 Å². The standard InChI is InChI=1S/C28H27F3N4O4S/c1-18-25(33-2)26(34-27(36)35(18)21-8-5-7-20(16-21)28(29,30)31)23-12-11-19(17-32)15-24(23)40(37,38)14-6-10-22-9-3-4-13-39-22/h5,7-8,11-12,15-16,22,26H,3-4,6,9-10,13-14H2,1H3,(H,34,36)/t22?,26-/m1/s1. The molecule has 2 heterocycles. The van der Waals surface area contributed by atoms with Gasteiger partial charge in [-0.15, -0.1) is 0 Å². The number of benzene rings is 2. The molecule has 1 saturated heterocycles. The van der Waals surface area contributed by atoms with Crippen molar-refractivity contribution < 1.29 is 31.1 Å². The first-order valence-corrected chi connectivity index (χ1v) is 14.4. The number of hydrogen-bond acceptors (Lipinski definition) is 5. The second-order valence-corrected chi connectivity index (χ2v) is 11.7. The van der Waals surface area contributed by atoms with E-state index in [9.17, 15) is 31.6 Å². The van der Waals surface area contributed by atoms with E-state index < -0.39 is 33.6 Å². The van der Waals surface area contributed by atoms with Gasteiger partial charge in [0.2, 0.25) is 5.70 Å². The average molecular weight is 573 g/mol. The molecule has 2 aromatic rings. The van der Waals surface area contributed by atoms with Crippen molar-refractivity contribution in [3.8, 4) is 6.07 Å². The van der Waals surface area contributed by atoms with Crippen molar-refractivity contribution in [3.05, 3.63) is 82.0 Å². The predicted octanol–water partition coefficient (Wildman–Crippen LogP) is 6.12. The number of hydrogen-bond donors (Lipinski definition) is 1. The molecule has 2 aromatic carbocycles. The number of urea groups is 1. The van der Waals surface area contributed by atoms with E-state index in [-0.39, 0.29) is 45.0 Å². The fraction of sp³-hybridized carbons (Fsp3) is 0.393. The zero-order valence-corrected chi connectivity index (χ0v) is 22.5. The number of halogens is 3. The van der Waals surface area contributed by atoms with Crippen molar-refractivity contribution in [2.24, 2.45) is 0 Å². The van der Waals surface area contributed by atoms with E-state index in [1.807, 2.05) is 6.07 Å². The van der Waals surface area contributed by atoms with Gasteiger partial charge in [0, 0.05) is 18.0 Å². The number of amides is 2. The summed E-state index contributed by atoms with van der Waals surface area (Å²) < 4.78 is 72.6. The van der Waals surface area contributed by atoms with E-state index >= 15 is 0 Å². The van der Waals surface area contributed by atoms with Crippen molar-refractivity contribution in [3.63, 3.8) is 0 Å². The first-order valence-electron chi connectivity index (χ1n) is 12.7. The molecule has 0 radical (unpaired) electrons. The molecule has 2 atom stereocenters. The summed E-state index contributed by atoms with van der Waals surface area (Å²) in [6, 6.07) is 8.07. The molecule has 1 N–H and O–H groups in total. The minimum atomic E-state index is -4.64. The van der Waals surface area contributed by atoms with E-state index in [0.29, 0.717) is 19.4 Å². The minimum absolute atomic E-state index is 0.00683. The van der Waals surface area contributed by atoms with Crippen molar-refractivity contribution in [1.29, 1.82) is 5.26 Å². The number of nitrogens with one attached hydrogen (secondary N) is 1. The van der Waals surface area contributed by atoms with Crippen LogP contribution in [0, 0.1) is 17.9 Å². The monoisotopic (exact) mass is 572 g/mol. The van der Waals surface area contributed by atoms with Crippen LogP contribution in [-0.2, 0) is 20.8 Å². The number of nitriles is 1. The lowest BCUT2D eigenvalue weighted by atomic mass is 9.99. The Morgan fingerprint density at radius 2 is 2.00 bits per heavy atom. The maximum atomic E-state index is 13.5. The Morgan fingerprint density at radius 1 is 1.23 bits per heavy atom. The summed E-state index contributed by atoms with van der Waals surface area (Å²) in [5.74, 6) is -0.220.